The van der Waals surface area contributed by atoms with Gasteiger partial charge in [-0.15, -0.1) is 0 Å². The lowest BCUT2D eigenvalue weighted by Crippen LogP contribution is -2.35. The molecule has 1 fully saturated rings. The molecule has 2 atom stereocenters. The van der Waals surface area contributed by atoms with Crippen LogP contribution in [0.25, 0.3) is 0 Å². The van der Waals surface area contributed by atoms with E-state index in [1.807, 2.05) is 43.5 Å². The smallest absolute Gasteiger partial charge is 0.254 e. The number of hydrogen-bond donors (Lipinski definition) is 2. The summed E-state index contributed by atoms with van der Waals surface area (Å²) in [5.74, 6) is 0.960. The molecule has 2 aromatic rings. The number of carbonyl (C=O) groups is 2. The highest BCUT2D eigenvalue weighted by molar-refractivity contribution is 5.95. The first-order chi connectivity index (χ1) is 12.4. The summed E-state index contributed by atoms with van der Waals surface area (Å²) in [6, 6.07) is -0.123. The van der Waals surface area contributed by atoms with E-state index in [9.17, 15) is 9.59 Å². The van der Waals surface area contributed by atoms with Gasteiger partial charge in [0.15, 0.2) is 0 Å². The van der Waals surface area contributed by atoms with Gasteiger partial charge in [-0.05, 0) is 12.8 Å². The fraction of sp³-hybridized carbons (Fsp3) is 0.556. The average molecular weight is 358 g/mol. The number of nitrogens with one attached hydrogen (secondary N) is 2. The number of imidazole rings is 1. The molecule has 0 saturated carbocycles. The van der Waals surface area contributed by atoms with Crippen LogP contribution in [0.5, 0.6) is 0 Å². The molecule has 3 heterocycles. The van der Waals surface area contributed by atoms with Crippen molar-refractivity contribution in [1.82, 2.24) is 30.0 Å². The molecule has 2 N–H and O–H groups in total. The Morgan fingerprint density at radius 2 is 2.23 bits per heavy atom. The van der Waals surface area contributed by atoms with E-state index in [4.69, 9.17) is 0 Å². The van der Waals surface area contributed by atoms with Crippen LogP contribution in [-0.4, -0.2) is 49.6 Å². The van der Waals surface area contributed by atoms with Crippen molar-refractivity contribution in [3.8, 4) is 0 Å². The summed E-state index contributed by atoms with van der Waals surface area (Å²) in [7, 11) is 1.93. The molecule has 1 aliphatic rings. The van der Waals surface area contributed by atoms with E-state index in [0.29, 0.717) is 25.1 Å². The van der Waals surface area contributed by atoms with Gasteiger partial charge in [0, 0.05) is 44.9 Å². The SMILES string of the molecule is CCN1C(=O)C[C@@H](CNC(=O)c2cn[nH]c2C(C)C)[C@@H]1c1nccn1C. The van der Waals surface area contributed by atoms with E-state index in [0.717, 1.165) is 11.5 Å². The monoisotopic (exact) mass is 358 g/mol. The maximum Gasteiger partial charge on any atom is 0.254 e. The highest BCUT2D eigenvalue weighted by Gasteiger charge is 2.41. The van der Waals surface area contributed by atoms with Crippen LogP contribution in [-0.2, 0) is 11.8 Å². The number of aromatic nitrogens is 4. The molecule has 0 bridgehead atoms. The van der Waals surface area contributed by atoms with Crippen LogP contribution >= 0.6 is 0 Å². The maximum absolute atomic E-state index is 12.6. The van der Waals surface area contributed by atoms with Crippen LogP contribution in [0.1, 0.15) is 61.0 Å². The first-order valence-electron chi connectivity index (χ1n) is 9.02. The lowest BCUT2D eigenvalue weighted by molar-refractivity contribution is -0.128. The molecule has 2 amide bonds. The van der Waals surface area contributed by atoms with Gasteiger partial charge in [-0.1, -0.05) is 13.8 Å². The first kappa shape index (κ1) is 18.2. The number of hydrogen-bond acceptors (Lipinski definition) is 4. The second-order valence-electron chi connectivity index (χ2n) is 7.05. The molecule has 0 spiro atoms. The summed E-state index contributed by atoms with van der Waals surface area (Å²) in [5, 5.41) is 9.86. The molecule has 0 radical (unpaired) electrons. The van der Waals surface area contributed by atoms with Gasteiger partial charge in [0.05, 0.1) is 23.5 Å². The van der Waals surface area contributed by atoms with E-state index in [2.05, 4.69) is 20.5 Å². The highest BCUT2D eigenvalue weighted by atomic mass is 16.2. The summed E-state index contributed by atoms with van der Waals surface area (Å²) in [4.78, 5) is 31.3. The summed E-state index contributed by atoms with van der Waals surface area (Å²) < 4.78 is 1.94. The van der Waals surface area contributed by atoms with Crippen LogP contribution in [0.2, 0.25) is 0 Å². The maximum atomic E-state index is 12.6. The van der Waals surface area contributed by atoms with Crippen molar-refractivity contribution in [2.24, 2.45) is 13.0 Å². The summed E-state index contributed by atoms with van der Waals surface area (Å²) >= 11 is 0. The van der Waals surface area contributed by atoms with E-state index in [1.165, 1.54) is 0 Å². The van der Waals surface area contributed by atoms with Crippen molar-refractivity contribution in [3.05, 3.63) is 35.7 Å². The fourth-order valence-electron chi connectivity index (χ4n) is 3.67. The van der Waals surface area contributed by atoms with Gasteiger partial charge in [-0.25, -0.2) is 4.98 Å². The van der Waals surface area contributed by atoms with Crippen LogP contribution in [0.3, 0.4) is 0 Å². The van der Waals surface area contributed by atoms with Gasteiger partial charge in [0.1, 0.15) is 5.82 Å². The third-order valence-corrected chi connectivity index (χ3v) is 5.02. The van der Waals surface area contributed by atoms with Gasteiger partial charge in [0.25, 0.3) is 5.91 Å². The topological polar surface area (TPSA) is 95.9 Å². The van der Waals surface area contributed by atoms with Crippen LogP contribution in [0.4, 0.5) is 0 Å². The molecule has 8 heteroatoms. The van der Waals surface area contributed by atoms with Crippen molar-refractivity contribution >= 4 is 11.8 Å². The summed E-state index contributed by atoms with van der Waals surface area (Å²) in [6.07, 6.45) is 5.58. The van der Waals surface area contributed by atoms with Crippen LogP contribution in [0.15, 0.2) is 18.6 Å². The van der Waals surface area contributed by atoms with Gasteiger partial charge >= 0.3 is 0 Å². The van der Waals surface area contributed by atoms with Crippen LogP contribution < -0.4 is 5.32 Å². The summed E-state index contributed by atoms with van der Waals surface area (Å²) in [6.45, 7) is 7.03. The molecule has 0 aromatic carbocycles. The van der Waals surface area contributed by atoms with Crippen molar-refractivity contribution < 1.29 is 9.59 Å². The van der Waals surface area contributed by atoms with Crippen LogP contribution in [0, 0.1) is 5.92 Å². The minimum Gasteiger partial charge on any atom is -0.352 e. The second-order valence-corrected chi connectivity index (χ2v) is 7.05. The molecular formula is C18H26N6O2. The lowest BCUT2D eigenvalue weighted by Gasteiger charge is -2.27. The Kier molecular flexibility index (Phi) is 5.11. The molecule has 1 saturated heterocycles. The number of likely N-dealkylation sites (tertiary alicyclic amines) is 1. The standard InChI is InChI=1S/C18H26N6O2/c1-5-24-14(25)8-12(16(24)17-19-6-7-23(17)4)9-20-18(26)13-10-21-22-15(13)11(2)3/h6-7,10-12,16H,5,8-9H2,1-4H3,(H,20,26)(H,21,22)/t12-,16+/m0/s1. The number of nitrogens with zero attached hydrogens (tertiary/aromatic N) is 4. The number of rotatable bonds is 6. The Hall–Kier alpha value is -2.64. The molecule has 2 aromatic heterocycles. The Morgan fingerprint density at radius 1 is 1.46 bits per heavy atom. The van der Waals surface area contributed by atoms with E-state index >= 15 is 0 Å². The molecule has 3 rings (SSSR count). The number of amides is 2. The summed E-state index contributed by atoms with van der Waals surface area (Å²) in [5.41, 5.74) is 1.38. The third-order valence-electron chi connectivity index (χ3n) is 5.02. The zero-order valence-electron chi connectivity index (χ0n) is 15.7. The van der Waals surface area contributed by atoms with Gasteiger partial charge < -0.3 is 14.8 Å². The molecule has 140 valence electrons. The van der Waals surface area contributed by atoms with Crippen molar-refractivity contribution in [3.63, 3.8) is 0 Å². The number of aryl methyl sites for hydroxylation is 1. The quantitative estimate of drug-likeness (QED) is 0.820. The highest BCUT2D eigenvalue weighted by Crippen LogP contribution is 2.36. The predicted molar refractivity (Wildman–Crippen MR) is 96.5 cm³/mol. The van der Waals surface area contributed by atoms with Gasteiger partial charge in [-0.2, -0.15) is 5.10 Å². The Morgan fingerprint density at radius 3 is 2.85 bits per heavy atom. The molecular weight excluding hydrogens is 332 g/mol. The molecule has 8 nitrogen and oxygen atoms in total. The minimum atomic E-state index is -0.163. The van der Waals surface area contributed by atoms with Crippen molar-refractivity contribution in [2.45, 2.75) is 39.2 Å². The second kappa shape index (κ2) is 7.31. The predicted octanol–water partition coefficient (Wildman–Crippen LogP) is 1.61. The zero-order valence-corrected chi connectivity index (χ0v) is 15.7. The fourth-order valence-corrected chi connectivity index (χ4v) is 3.67. The van der Waals surface area contributed by atoms with Crippen molar-refractivity contribution in [1.29, 1.82) is 0 Å². The number of H-pyrrole nitrogens is 1. The number of carbonyl (C=O) groups excluding carboxylic acids is 2. The molecule has 26 heavy (non-hydrogen) atoms. The normalized spacial score (nSPS) is 20.2. The van der Waals surface area contributed by atoms with E-state index in [1.54, 1.807) is 12.4 Å². The Labute approximate surface area is 153 Å². The van der Waals surface area contributed by atoms with E-state index < -0.39 is 0 Å². The molecule has 0 unspecified atom stereocenters. The molecule has 0 aliphatic carbocycles. The zero-order chi connectivity index (χ0) is 18.8. The Balaban J connectivity index is 1.75. The Bertz CT molecular complexity index is 793. The van der Waals surface area contributed by atoms with Gasteiger partial charge in [0.2, 0.25) is 5.91 Å². The van der Waals surface area contributed by atoms with Gasteiger partial charge in [-0.3, -0.25) is 14.7 Å². The van der Waals surface area contributed by atoms with E-state index in [-0.39, 0.29) is 29.7 Å². The number of aromatic amines is 1. The average Bonchev–Trinajstić information content (AvgIpc) is 3.30. The minimum absolute atomic E-state index is 0.0121. The largest absolute Gasteiger partial charge is 0.352 e. The lowest BCUT2D eigenvalue weighted by atomic mass is 9.99. The van der Waals surface area contributed by atoms with Crippen molar-refractivity contribution in [2.75, 3.05) is 13.1 Å². The third kappa shape index (κ3) is 3.23. The molecule has 1 aliphatic heterocycles. The first-order valence-corrected chi connectivity index (χ1v) is 9.02.